The molecule has 0 fully saturated rings. The molecule has 1 rings (SSSR count). The summed E-state index contributed by atoms with van der Waals surface area (Å²) in [6.45, 7) is 5.30. The van der Waals surface area contributed by atoms with Gasteiger partial charge in [-0.2, -0.15) is 0 Å². The lowest BCUT2D eigenvalue weighted by atomic mass is 9.81. The third-order valence-electron chi connectivity index (χ3n) is 2.96. The van der Waals surface area contributed by atoms with E-state index in [1.807, 2.05) is 19.2 Å². The topological polar surface area (TPSA) is 41.5 Å². The zero-order valence-electron chi connectivity index (χ0n) is 10.5. The fourth-order valence-corrected chi connectivity index (χ4v) is 1.69. The van der Waals surface area contributed by atoms with E-state index in [-0.39, 0.29) is 11.2 Å². The van der Waals surface area contributed by atoms with Crippen molar-refractivity contribution in [2.45, 2.75) is 25.7 Å². The lowest BCUT2D eigenvalue weighted by molar-refractivity contribution is 0.371. The third kappa shape index (κ3) is 2.89. The van der Waals surface area contributed by atoms with Crippen LogP contribution >= 0.6 is 0 Å². The molecule has 1 aromatic carbocycles. The van der Waals surface area contributed by atoms with Crippen LogP contribution < -0.4 is 10.1 Å². The number of phenolic OH excluding ortho intramolecular Hbond substituents is 1. The van der Waals surface area contributed by atoms with Crippen molar-refractivity contribution < 1.29 is 9.84 Å². The molecule has 0 spiro atoms. The van der Waals surface area contributed by atoms with E-state index in [9.17, 15) is 5.11 Å². The molecule has 0 unspecified atom stereocenters. The first-order chi connectivity index (χ1) is 7.51. The van der Waals surface area contributed by atoms with Crippen LogP contribution in [-0.4, -0.2) is 25.8 Å². The van der Waals surface area contributed by atoms with E-state index in [2.05, 4.69) is 19.2 Å². The van der Waals surface area contributed by atoms with Gasteiger partial charge in [-0.3, -0.25) is 0 Å². The first-order valence-corrected chi connectivity index (χ1v) is 5.53. The Bertz CT molecular complexity index is 348. The van der Waals surface area contributed by atoms with Gasteiger partial charge in [-0.25, -0.2) is 0 Å². The molecule has 0 aliphatic carbocycles. The molecule has 0 atom stereocenters. The highest BCUT2D eigenvalue weighted by molar-refractivity contribution is 5.43. The molecule has 2 N–H and O–H groups in total. The van der Waals surface area contributed by atoms with Gasteiger partial charge in [0, 0.05) is 0 Å². The molecule has 0 amide bonds. The normalized spacial score (nSPS) is 11.5. The summed E-state index contributed by atoms with van der Waals surface area (Å²) in [5.74, 6) is 0.727. The molecule has 0 saturated heterocycles. The van der Waals surface area contributed by atoms with Gasteiger partial charge in [0.1, 0.15) is 0 Å². The van der Waals surface area contributed by atoms with Crippen LogP contribution in [0.15, 0.2) is 18.2 Å². The van der Waals surface area contributed by atoms with Crippen LogP contribution in [0.25, 0.3) is 0 Å². The molecule has 16 heavy (non-hydrogen) atoms. The smallest absolute Gasteiger partial charge is 0.160 e. The van der Waals surface area contributed by atoms with Crippen molar-refractivity contribution >= 4 is 0 Å². The lowest BCUT2D eigenvalue weighted by Crippen LogP contribution is -2.23. The van der Waals surface area contributed by atoms with E-state index >= 15 is 0 Å². The van der Waals surface area contributed by atoms with Crippen molar-refractivity contribution in [2.24, 2.45) is 0 Å². The Morgan fingerprint density at radius 1 is 1.38 bits per heavy atom. The minimum Gasteiger partial charge on any atom is -0.504 e. The predicted molar refractivity (Wildman–Crippen MR) is 66.2 cm³/mol. The number of benzene rings is 1. The van der Waals surface area contributed by atoms with E-state index in [0.717, 1.165) is 18.5 Å². The fraction of sp³-hybridized carbons (Fsp3) is 0.538. The van der Waals surface area contributed by atoms with Crippen LogP contribution in [0.2, 0.25) is 0 Å². The number of methoxy groups -OCH3 is 1. The number of nitrogens with one attached hydrogen (secondary N) is 1. The number of ether oxygens (including phenoxy) is 1. The van der Waals surface area contributed by atoms with Gasteiger partial charge < -0.3 is 15.2 Å². The van der Waals surface area contributed by atoms with Crippen LogP contribution in [-0.2, 0) is 5.41 Å². The number of rotatable bonds is 5. The summed E-state index contributed by atoms with van der Waals surface area (Å²) in [5.41, 5.74) is 1.17. The summed E-state index contributed by atoms with van der Waals surface area (Å²) in [5, 5.41) is 12.9. The van der Waals surface area contributed by atoms with Gasteiger partial charge in [-0.1, -0.05) is 19.9 Å². The fourth-order valence-electron chi connectivity index (χ4n) is 1.69. The van der Waals surface area contributed by atoms with Crippen molar-refractivity contribution in [1.82, 2.24) is 5.32 Å². The second-order valence-electron chi connectivity index (χ2n) is 4.62. The quantitative estimate of drug-likeness (QED) is 0.804. The molecular formula is C13H21NO2. The van der Waals surface area contributed by atoms with E-state index in [1.54, 1.807) is 13.2 Å². The summed E-state index contributed by atoms with van der Waals surface area (Å²) in [6, 6.07) is 5.61. The summed E-state index contributed by atoms with van der Waals surface area (Å²) in [6.07, 6.45) is 1.02. The maximum Gasteiger partial charge on any atom is 0.160 e. The van der Waals surface area contributed by atoms with Gasteiger partial charge in [0.25, 0.3) is 0 Å². The van der Waals surface area contributed by atoms with Crippen molar-refractivity contribution in [2.75, 3.05) is 20.7 Å². The van der Waals surface area contributed by atoms with Gasteiger partial charge in [0.15, 0.2) is 11.5 Å². The maximum atomic E-state index is 9.74. The molecular weight excluding hydrogens is 202 g/mol. The van der Waals surface area contributed by atoms with Crippen LogP contribution in [0.3, 0.4) is 0 Å². The molecule has 0 aromatic heterocycles. The zero-order valence-corrected chi connectivity index (χ0v) is 10.5. The monoisotopic (exact) mass is 223 g/mol. The van der Waals surface area contributed by atoms with E-state index in [4.69, 9.17) is 4.74 Å². The standard InChI is InChI=1S/C13H21NO2/c1-13(2,7-8-14-3)10-5-6-12(16-4)11(15)9-10/h5-6,9,14-15H,7-8H2,1-4H3. The molecule has 3 heteroatoms. The molecule has 90 valence electrons. The molecule has 0 bridgehead atoms. The van der Waals surface area contributed by atoms with Crippen molar-refractivity contribution in [1.29, 1.82) is 0 Å². The molecule has 0 aliphatic heterocycles. The van der Waals surface area contributed by atoms with Gasteiger partial charge in [0.05, 0.1) is 7.11 Å². The Balaban J connectivity index is 2.91. The van der Waals surface area contributed by atoms with Crippen LogP contribution in [0.1, 0.15) is 25.8 Å². The average Bonchev–Trinajstić information content (AvgIpc) is 2.26. The SMILES string of the molecule is CNCCC(C)(C)c1ccc(OC)c(O)c1. The number of aromatic hydroxyl groups is 1. The Labute approximate surface area is 97.4 Å². The van der Waals surface area contributed by atoms with E-state index in [1.165, 1.54) is 0 Å². The number of hydrogen-bond acceptors (Lipinski definition) is 3. The highest BCUT2D eigenvalue weighted by Gasteiger charge is 2.21. The highest BCUT2D eigenvalue weighted by atomic mass is 16.5. The molecule has 0 heterocycles. The van der Waals surface area contributed by atoms with E-state index in [0.29, 0.717) is 5.75 Å². The predicted octanol–water partition coefficient (Wildman–Crippen LogP) is 2.29. The lowest BCUT2D eigenvalue weighted by Gasteiger charge is -2.25. The van der Waals surface area contributed by atoms with Crippen molar-refractivity contribution in [3.8, 4) is 11.5 Å². The summed E-state index contributed by atoms with van der Waals surface area (Å²) in [4.78, 5) is 0. The van der Waals surface area contributed by atoms with Crippen molar-refractivity contribution in [3.05, 3.63) is 23.8 Å². The largest absolute Gasteiger partial charge is 0.504 e. The molecule has 0 radical (unpaired) electrons. The number of phenols is 1. The van der Waals surface area contributed by atoms with Crippen LogP contribution in [0.5, 0.6) is 11.5 Å². The van der Waals surface area contributed by atoms with Gasteiger partial charge >= 0.3 is 0 Å². The summed E-state index contributed by atoms with van der Waals surface area (Å²) in [7, 11) is 3.50. The van der Waals surface area contributed by atoms with E-state index < -0.39 is 0 Å². The molecule has 1 aromatic rings. The first kappa shape index (κ1) is 12.8. The minimum absolute atomic E-state index is 0.0484. The average molecular weight is 223 g/mol. The molecule has 0 saturated carbocycles. The van der Waals surface area contributed by atoms with Gasteiger partial charge in [-0.05, 0) is 43.1 Å². The highest BCUT2D eigenvalue weighted by Crippen LogP contribution is 2.33. The summed E-state index contributed by atoms with van der Waals surface area (Å²) >= 11 is 0. The third-order valence-corrected chi connectivity index (χ3v) is 2.96. The van der Waals surface area contributed by atoms with Gasteiger partial charge in [0.2, 0.25) is 0 Å². The summed E-state index contributed by atoms with van der Waals surface area (Å²) < 4.78 is 5.03. The maximum absolute atomic E-state index is 9.74. The zero-order chi connectivity index (χ0) is 12.2. The minimum atomic E-state index is 0.0484. The Kier molecular flexibility index (Phi) is 4.19. The first-order valence-electron chi connectivity index (χ1n) is 5.53. The molecule has 0 aliphatic rings. The Hall–Kier alpha value is -1.22. The Morgan fingerprint density at radius 2 is 2.06 bits per heavy atom. The second kappa shape index (κ2) is 5.21. The van der Waals surface area contributed by atoms with Gasteiger partial charge in [-0.15, -0.1) is 0 Å². The second-order valence-corrected chi connectivity index (χ2v) is 4.62. The Morgan fingerprint density at radius 3 is 2.56 bits per heavy atom. The van der Waals surface area contributed by atoms with Crippen LogP contribution in [0.4, 0.5) is 0 Å². The number of hydrogen-bond donors (Lipinski definition) is 2. The van der Waals surface area contributed by atoms with Crippen LogP contribution in [0, 0.1) is 0 Å². The van der Waals surface area contributed by atoms with Crippen molar-refractivity contribution in [3.63, 3.8) is 0 Å². The molecule has 3 nitrogen and oxygen atoms in total.